The number of hydrogen-bond acceptors (Lipinski definition) is 6. The third-order valence-corrected chi connectivity index (χ3v) is 4.91. The summed E-state index contributed by atoms with van der Waals surface area (Å²) in [7, 11) is 4.10. The number of benzene rings is 1. The van der Waals surface area contributed by atoms with Gasteiger partial charge in [-0.2, -0.15) is 0 Å². The molecule has 1 saturated carbocycles. The van der Waals surface area contributed by atoms with E-state index < -0.39 is 0 Å². The molecule has 1 fully saturated rings. The Kier molecular flexibility index (Phi) is 4.10. The normalized spacial score (nSPS) is 19.0. The topological polar surface area (TPSA) is 65.3 Å². The van der Waals surface area contributed by atoms with Crippen LogP contribution in [0.2, 0.25) is 0 Å². The summed E-state index contributed by atoms with van der Waals surface area (Å²) in [5.41, 5.74) is 1.11. The van der Waals surface area contributed by atoms with Crippen LogP contribution in [0.15, 0.2) is 18.2 Å². The molecular formula is C17H23N5O2. The van der Waals surface area contributed by atoms with E-state index >= 15 is 0 Å². The van der Waals surface area contributed by atoms with Crippen molar-refractivity contribution in [2.24, 2.45) is 0 Å². The second kappa shape index (κ2) is 6.39. The van der Waals surface area contributed by atoms with Gasteiger partial charge in [-0.15, -0.1) is 5.10 Å². The number of tetrazole rings is 1. The Balaban J connectivity index is 1.70. The van der Waals surface area contributed by atoms with Gasteiger partial charge in [0.1, 0.15) is 0 Å². The summed E-state index contributed by atoms with van der Waals surface area (Å²) >= 11 is 0. The van der Waals surface area contributed by atoms with Crippen molar-refractivity contribution in [2.45, 2.75) is 44.2 Å². The molecule has 1 aromatic heterocycles. The van der Waals surface area contributed by atoms with Crippen molar-refractivity contribution >= 4 is 0 Å². The summed E-state index contributed by atoms with van der Waals surface area (Å²) in [5.74, 6) is 2.48. The largest absolute Gasteiger partial charge is 0.454 e. The third-order valence-electron chi connectivity index (χ3n) is 4.91. The maximum absolute atomic E-state index is 5.53. The van der Waals surface area contributed by atoms with E-state index in [4.69, 9.17) is 9.47 Å². The molecule has 7 nitrogen and oxygen atoms in total. The lowest BCUT2D eigenvalue weighted by atomic mass is 9.95. The van der Waals surface area contributed by atoms with Gasteiger partial charge in [0.05, 0.1) is 12.1 Å². The van der Waals surface area contributed by atoms with Crippen LogP contribution in [0.4, 0.5) is 0 Å². The number of nitrogens with zero attached hydrogens (tertiary/aromatic N) is 5. The monoisotopic (exact) mass is 329 g/mol. The highest BCUT2D eigenvalue weighted by Crippen LogP contribution is 2.37. The molecule has 24 heavy (non-hydrogen) atoms. The van der Waals surface area contributed by atoms with E-state index in [1.54, 1.807) is 0 Å². The molecule has 2 aliphatic rings. The fourth-order valence-electron chi connectivity index (χ4n) is 3.73. The highest BCUT2D eigenvalue weighted by molar-refractivity contribution is 5.46. The standard InChI is InChI=1S/C17H23N5O2/c1-21(2)16(12-8-9-14-15(10-12)24-11-23-14)17-18-19-20-22(17)13-6-4-3-5-7-13/h8-10,13,16H,3-7,11H2,1-2H3/t16-/m1/s1. The minimum atomic E-state index is -0.0172. The van der Waals surface area contributed by atoms with E-state index in [9.17, 15) is 0 Å². The number of aromatic nitrogens is 4. The molecule has 1 atom stereocenters. The molecule has 7 heteroatoms. The van der Waals surface area contributed by atoms with E-state index in [0.29, 0.717) is 6.04 Å². The molecule has 0 unspecified atom stereocenters. The van der Waals surface area contributed by atoms with E-state index in [2.05, 4.69) is 40.6 Å². The molecule has 0 bridgehead atoms. The van der Waals surface area contributed by atoms with Crippen LogP contribution in [-0.2, 0) is 0 Å². The van der Waals surface area contributed by atoms with Crippen LogP contribution in [0.1, 0.15) is 55.6 Å². The molecule has 2 aromatic rings. The first-order chi connectivity index (χ1) is 11.7. The maximum Gasteiger partial charge on any atom is 0.231 e. The Morgan fingerprint density at radius 2 is 1.92 bits per heavy atom. The summed E-state index contributed by atoms with van der Waals surface area (Å²) in [6.45, 7) is 0.283. The molecule has 0 saturated heterocycles. The quantitative estimate of drug-likeness (QED) is 0.859. The van der Waals surface area contributed by atoms with Crippen LogP contribution < -0.4 is 9.47 Å². The second-order valence-corrected chi connectivity index (χ2v) is 6.75. The zero-order chi connectivity index (χ0) is 16.5. The van der Waals surface area contributed by atoms with Crippen molar-refractivity contribution in [1.29, 1.82) is 0 Å². The highest BCUT2D eigenvalue weighted by Gasteiger charge is 2.29. The fraction of sp³-hybridized carbons (Fsp3) is 0.588. The molecule has 128 valence electrons. The maximum atomic E-state index is 5.53. The van der Waals surface area contributed by atoms with Crippen LogP contribution in [-0.4, -0.2) is 46.0 Å². The van der Waals surface area contributed by atoms with E-state index in [0.717, 1.165) is 35.7 Å². The lowest BCUT2D eigenvalue weighted by Gasteiger charge is -2.28. The SMILES string of the molecule is CN(C)[C@H](c1ccc2c(c1)OCO2)c1nnnn1C1CCCCC1. The van der Waals surface area contributed by atoms with Crippen molar-refractivity contribution in [2.75, 3.05) is 20.9 Å². The van der Waals surface area contributed by atoms with Gasteiger partial charge in [0, 0.05) is 0 Å². The van der Waals surface area contributed by atoms with Crippen molar-refractivity contribution in [3.8, 4) is 11.5 Å². The zero-order valence-electron chi connectivity index (χ0n) is 14.2. The van der Waals surface area contributed by atoms with Gasteiger partial charge in [0.2, 0.25) is 6.79 Å². The molecule has 2 heterocycles. The highest BCUT2D eigenvalue weighted by atomic mass is 16.7. The van der Waals surface area contributed by atoms with Gasteiger partial charge in [0.25, 0.3) is 0 Å². The average Bonchev–Trinajstić information content (AvgIpc) is 3.24. The zero-order valence-corrected chi connectivity index (χ0v) is 14.2. The number of fused-ring (bicyclic) bond motifs is 1. The van der Waals surface area contributed by atoms with Gasteiger partial charge < -0.3 is 9.47 Å². The van der Waals surface area contributed by atoms with Gasteiger partial charge in [-0.25, -0.2) is 4.68 Å². The van der Waals surface area contributed by atoms with Gasteiger partial charge in [-0.05, 0) is 55.1 Å². The third kappa shape index (κ3) is 2.73. The molecule has 0 amide bonds. The van der Waals surface area contributed by atoms with Gasteiger partial charge in [-0.1, -0.05) is 25.3 Å². The predicted molar refractivity (Wildman–Crippen MR) is 88.0 cm³/mol. The van der Waals surface area contributed by atoms with Crippen molar-refractivity contribution in [1.82, 2.24) is 25.1 Å². The average molecular weight is 329 g/mol. The Labute approximate surface area is 141 Å². The summed E-state index contributed by atoms with van der Waals surface area (Å²) in [6.07, 6.45) is 6.12. The van der Waals surface area contributed by atoms with Crippen LogP contribution in [0, 0.1) is 0 Å². The van der Waals surface area contributed by atoms with Crippen molar-refractivity contribution in [3.05, 3.63) is 29.6 Å². The minimum Gasteiger partial charge on any atom is -0.454 e. The van der Waals surface area contributed by atoms with Crippen LogP contribution in [0.25, 0.3) is 0 Å². The smallest absolute Gasteiger partial charge is 0.231 e. The first kappa shape index (κ1) is 15.4. The van der Waals surface area contributed by atoms with Crippen molar-refractivity contribution < 1.29 is 9.47 Å². The Morgan fingerprint density at radius 3 is 2.71 bits per heavy atom. The molecule has 0 radical (unpaired) electrons. The molecule has 1 aliphatic carbocycles. The number of hydrogen-bond donors (Lipinski definition) is 0. The Morgan fingerprint density at radius 1 is 1.12 bits per heavy atom. The van der Waals surface area contributed by atoms with E-state index in [-0.39, 0.29) is 12.8 Å². The first-order valence-electron chi connectivity index (χ1n) is 8.58. The van der Waals surface area contributed by atoms with E-state index in [1.807, 2.05) is 16.8 Å². The van der Waals surface area contributed by atoms with E-state index in [1.165, 1.54) is 19.3 Å². The van der Waals surface area contributed by atoms with Gasteiger partial charge in [0.15, 0.2) is 17.3 Å². The molecular weight excluding hydrogens is 306 g/mol. The van der Waals surface area contributed by atoms with Crippen LogP contribution in [0.5, 0.6) is 11.5 Å². The summed E-state index contributed by atoms with van der Waals surface area (Å²) in [5, 5.41) is 12.7. The first-order valence-corrected chi connectivity index (χ1v) is 8.58. The Hall–Kier alpha value is -2.15. The van der Waals surface area contributed by atoms with Crippen LogP contribution >= 0.6 is 0 Å². The van der Waals surface area contributed by atoms with Gasteiger partial charge in [-0.3, -0.25) is 4.90 Å². The van der Waals surface area contributed by atoms with Crippen LogP contribution in [0.3, 0.4) is 0 Å². The van der Waals surface area contributed by atoms with Crippen molar-refractivity contribution in [3.63, 3.8) is 0 Å². The predicted octanol–water partition coefficient (Wildman–Crippen LogP) is 2.56. The fourth-order valence-corrected chi connectivity index (χ4v) is 3.73. The summed E-state index contributed by atoms with van der Waals surface area (Å²) in [6, 6.07) is 6.45. The molecule has 0 N–H and O–H groups in total. The lowest BCUT2D eigenvalue weighted by Crippen LogP contribution is -2.27. The molecule has 1 aromatic carbocycles. The second-order valence-electron chi connectivity index (χ2n) is 6.75. The summed E-state index contributed by atoms with van der Waals surface area (Å²) < 4.78 is 13.0. The number of rotatable bonds is 4. The molecule has 1 aliphatic heterocycles. The molecule has 0 spiro atoms. The lowest BCUT2D eigenvalue weighted by molar-refractivity contribution is 0.174. The molecule has 4 rings (SSSR count). The summed E-state index contributed by atoms with van der Waals surface area (Å²) in [4.78, 5) is 2.14. The Bertz CT molecular complexity index is 709. The minimum absolute atomic E-state index is 0.0172. The number of ether oxygens (including phenoxy) is 2. The van der Waals surface area contributed by atoms with Gasteiger partial charge >= 0.3 is 0 Å².